The van der Waals surface area contributed by atoms with E-state index >= 15 is 0 Å². The lowest BCUT2D eigenvalue weighted by Gasteiger charge is -2.36. The quantitative estimate of drug-likeness (QED) is 0.108. The Bertz CT molecular complexity index is 1300. The summed E-state index contributed by atoms with van der Waals surface area (Å²) in [6.45, 7) is 7.83. The average Bonchev–Trinajstić information content (AvgIpc) is 3.18. The van der Waals surface area contributed by atoms with Gasteiger partial charge in [0.15, 0.2) is 0 Å². The molecule has 8 N–H and O–H groups in total. The van der Waals surface area contributed by atoms with Gasteiger partial charge in [0.1, 0.15) is 36.8 Å². The van der Waals surface area contributed by atoms with Crippen molar-refractivity contribution in [1.82, 2.24) is 36.8 Å². The Morgan fingerprint density at radius 1 is 0.873 bits per heavy atom. The van der Waals surface area contributed by atoms with E-state index in [0.29, 0.717) is 58.0 Å². The smallest absolute Gasteiger partial charge is 0.325 e. The molecule has 1 saturated carbocycles. The van der Waals surface area contributed by atoms with E-state index in [9.17, 15) is 33.6 Å². The van der Waals surface area contributed by atoms with Gasteiger partial charge in [0, 0.05) is 26.1 Å². The van der Waals surface area contributed by atoms with Gasteiger partial charge in [-0.2, -0.15) is 0 Å². The van der Waals surface area contributed by atoms with Crippen LogP contribution in [-0.4, -0.2) is 116 Å². The van der Waals surface area contributed by atoms with Crippen molar-refractivity contribution in [2.75, 3.05) is 39.8 Å². The highest BCUT2D eigenvalue weighted by molar-refractivity contribution is 5.96. The Labute approximate surface area is 326 Å². The number of likely N-dealkylation sites (N-methyl/N-ethyl adjacent to an activating group) is 1. The molecule has 3 aliphatic rings. The van der Waals surface area contributed by atoms with E-state index in [2.05, 4.69) is 38.8 Å². The second-order valence-corrected chi connectivity index (χ2v) is 16.0. The number of unbranched alkanes of at least 4 members (excludes halogenated alkanes) is 3. The number of rotatable bonds is 12. The summed E-state index contributed by atoms with van der Waals surface area (Å²) < 4.78 is 5.86. The standard InChI is InChI=1S/C39H68N8O8/c1-6-7-8-12-15-31-25(4)39(54)47(5)30(20-24(2)3)37(52)46-33(26-13-10-9-11-14-26)38(53)44-28(21-40)36(51)45-29(35(50)43-23-32(48)55-31)22-42-34(49)27-16-18-41-19-17-27/h24-31,33,41H,6-23,40H2,1-5H3,(H,42,49)(H,43,50)(H,44,53)(H,45,51)(H,46,52)/t25-,28+,29+,30+,31-,33+/m1/s1. The van der Waals surface area contributed by atoms with Crippen molar-refractivity contribution in [2.24, 2.45) is 29.4 Å². The molecule has 3 fully saturated rings. The molecule has 1 aliphatic carbocycles. The third-order valence-electron chi connectivity index (χ3n) is 11.2. The Balaban J connectivity index is 1.99. The van der Waals surface area contributed by atoms with Crippen molar-refractivity contribution >= 4 is 41.4 Å². The predicted octanol–water partition coefficient (Wildman–Crippen LogP) is 0.617. The summed E-state index contributed by atoms with van der Waals surface area (Å²) in [4.78, 5) is 97.3. The van der Waals surface area contributed by atoms with Gasteiger partial charge in [-0.05, 0) is 69.9 Å². The number of carbonyl (C=O) groups is 7. The van der Waals surface area contributed by atoms with Crippen LogP contribution in [0.4, 0.5) is 0 Å². The van der Waals surface area contributed by atoms with Gasteiger partial charge in [0.05, 0.1) is 5.92 Å². The Kier molecular flexibility index (Phi) is 19.3. The lowest BCUT2D eigenvalue weighted by molar-refractivity contribution is -0.157. The van der Waals surface area contributed by atoms with Crippen LogP contribution in [0.15, 0.2) is 0 Å². The molecule has 2 aliphatic heterocycles. The second-order valence-electron chi connectivity index (χ2n) is 16.0. The van der Waals surface area contributed by atoms with Gasteiger partial charge in [0.25, 0.3) is 0 Å². The third-order valence-corrected chi connectivity index (χ3v) is 11.2. The van der Waals surface area contributed by atoms with Crippen LogP contribution in [0.5, 0.6) is 0 Å². The van der Waals surface area contributed by atoms with Gasteiger partial charge in [-0.3, -0.25) is 33.6 Å². The molecule has 312 valence electrons. The molecular weight excluding hydrogens is 708 g/mol. The van der Waals surface area contributed by atoms with Crippen molar-refractivity contribution in [2.45, 2.75) is 141 Å². The molecule has 2 saturated heterocycles. The molecule has 0 spiro atoms. The Hall–Kier alpha value is -3.79. The number of cyclic esters (lactones) is 1. The topological polar surface area (TPSA) is 230 Å². The minimum Gasteiger partial charge on any atom is -0.460 e. The number of nitrogens with one attached hydrogen (secondary N) is 6. The zero-order chi connectivity index (χ0) is 40.5. The number of nitrogens with two attached hydrogens (primary N) is 1. The van der Waals surface area contributed by atoms with Crippen molar-refractivity contribution in [3.63, 3.8) is 0 Å². The van der Waals surface area contributed by atoms with Crippen LogP contribution in [0.1, 0.15) is 111 Å². The summed E-state index contributed by atoms with van der Waals surface area (Å²) in [6.07, 6.45) is 8.74. The van der Waals surface area contributed by atoms with E-state index in [1.807, 2.05) is 13.8 Å². The number of amides is 6. The van der Waals surface area contributed by atoms with Crippen molar-refractivity contribution in [1.29, 1.82) is 0 Å². The molecular formula is C39H68N8O8. The van der Waals surface area contributed by atoms with Gasteiger partial charge in [-0.25, -0.2) is 0 Å². The van der Waals surface area contributed by atoms with Crippen LogP contribution < -0.4 is 37.6 Å². The minimum atomic E-state index is -1.33. The maximum absolute atomic E-state index is 14.2. The van der Waals surface area contributed by atoms with E-state index in [1.165, 1.54) is 4.90 Å². The van der Waals surface area contributed by atoms with E-state index < -0.39 is 78.2 Å². The van der Waals surface area contributed by atoms with Crippen LogP contribution in [0, 0.1) is 23.7 Å². The lowest BCUT2D eigenvalue weighted by atomic mass is 9.83. The zero-order valence-electron chi connectivity index (χ0n) is 33.7. The molecule has 3 rings (SSSR count). The highest BCUT2D eigenvalue weighted by atomic mass is 16.5. The molecule has 0 bridgehead atoms. The van der Waals surface area contributed by atoms with Crippen LogP contribution in [0.3, 0.4) is 0 Å². The Morgan fingerprint density at radius 3 is 2.18 bits per heavy atom. The second kappa shape index (κ2) is 23.3. The summed E-state index contributed by atoms with van der Waals surface area (Å²) in [7, 11) is 1.55. The molecule has 6 amide bonds. The number of esters is 1. The van der Waals surface area contributed by atoms with Crippen LogP contribution in [-0.2, 0) is 38.3 Å². The molecule has 16 nitrogen and oxygen atoms in total. The maximum Gasteiger partial charge on any atom is 0.325 e. The zero-order valence-corrected chi connectivity index (χ0v) is 33.7. The van der Waals surface area contributed by atoms with Crippen molar-refractivity contribution in [3.8, 4) is 0 Å². The molecule has 16 heteroatoms. The first-order valence-electron chi connectivity index (χ1n) is 20.6. The Morgan fingerprint density at radius 2 is 1.55 bits per heavy atom. The first-order valence-corrected chi connectivity index (χ1v) is 20.6. The maximum atomic E-state index is 14.2. The highest BCUT2D eigenvalue weighted by Gasteiger charge is 2.39. The van der Waals surface area contributed by atoms with Crippen LogP contribution in [0.2, 0.25) is 0 Å². The largest absolute Gasteiger partial charge is 0.460 e. The molecule has 6 atom stereocenters. The minimum absolute atomic E-state index is 0.0128. The summed E-state index contributed by atoms with van der Waals surface area (Å²) in [5.74, 6) is -5.36. The molecule has 0 aromatic rings. The molecule has 55 heavy (non-hydrogen) atoms. The molecule has 0 radical (unpaired) electrons. The number of hydrogen-bond acceptors (Lipinski definition) is 10. The predicted molar refractivity (Wildman–Crippen MR) is 207 cm³/mol. The summed E-state index contributed by atoms with van der Waals surface area (Å²) in [5, 5.41) is 16.8. The number of hydrogen-bond donors (Lipinski definition) is 7. The van der Waals surface area contributed by atoms with Crippen molar-refractivity contribution in [3.05, 3.63) is 0 Å². The summed E-state index contributed by atoms with van der Waals surface area (Å²) >= 11 is 0. The molecule has 0 aromatic heterocycles. The van der Waals surface area contributed by atoms with Gasteiger partial charge < -0.3 is 47.3 Å². The molecule has 0 aromatic carbocycles. The number of nitrogens with zero attached hydrogens (tertiary/aromatic N) is 1. The number of piperidine rings is 1. The monoisotopic (exact) mass is 777 g/mol. The van der Waals surface area contributed by atoms with Gasteiger partial charge >= 0.3 is 5.97 Å². The first-order chi connectivity index (χ1) is 26.3. The fourth-order valence-electron chi connectivity index (χ4n) is 7.72. The van der Waals surface area contributed by atoms with E-state index in [0.717, 1.165) is 38.5 Å². The van der Waals surface area contributed by atoms with E-state index in [4.69, 9.17) is 10.5 Å². The van der Waals surface area contributed by atoms with Gasteiger partial charge in [0.2, 0.25) is 35.4 Å². The summed E-state index contributed by atoms with van der Waals surface area (Å²) in [6, 6.07) is -4.56. The fourth-order valence-corrected chi connectivity index (χ4v) is 7.72. The average molecular weight is 777 g/mol. The highest BCUT2D eigenvalue weighted by Crippen LogP contribution is 2.28. The van der Waals surface area contributed by atoms with Gasteiger partial charge in [-0.1, -0.05) is 66.2 Å². The van der Waals surface area contributed by atoms with E-state index in [-0.39, 0.29) is 36.8 Å². The van der Waals surface area contributed by atoms with Crippen molar-refractivity contribution < 1.29 is 38.3 Å². The fraction of sp³-hybridized carbons (Fsp3) is 0.821. The lowest BCUT2D eigenvalue weighted by Crippen LogP contribution is -2.62. The molecule has 0 unspecified atom stereocenters. The van der Waals surface area contributed by atoms with Crippen LogP contribution in [0.25, 0.3) is 0 Å². The number of carbonyl (C=O) groups excluding carboxylic acids is 7. The van der Waals surface area contributed by atoms with E-state index in [1.54, 1.807) is 14.0 Å². The normalized spacial score (nSPS) is 27.9. The molecule has 2 heterocycles. The summed E-state index contributed by atoms with van der Waals surface area (Å²) in [5.41, 5.74) is 6.01. The SMILES string of the molecule is CCCCCC[C@H]1OC(=O)CNC(=O)[C@H](CNC(=O)C2CCNCC2)NC(=O)[C@H](CN)NC(=O)[C@H](C2CCCCC2)NC(=O)[C@H](CC(C)C)N(C)C(=O)[C@@H]1C. The van der Waals surface area contributed by atoms with Crippen LogP contribution >= 0.6 is 0 Å². The number of ether oxygens (including phenoxy) is 1. The third kappa shape index (κ3) is 14.3. The first kappa shape index (κ1) is 45.6. The van der Waals surface area contributed by atoms with Gasteiger partial charge in [-0.15, -0.1) is 0 Å².